The van der Waals surface area contributed by atoms with E-state index in [0.29, 0.717) is 13.0 Å². The van der Waals surface area contributed by atoms with E-state index in [1.54, 1.807) is 22.7 Å². The van der Waals surface area contributed by atoms with E-state index < -0.39 is 0 Å². The van der Waals surface area contributed by atoms with Gasteiger partial charge in [-0.2, -0.15) is 0 Å². The minimum absolute atomic E-state index is 0.0134. The van der Waals surface area contributed by atoms with Crippen LogP contribution in [0.25, 0.3) is 9.88 Å². The van der Waals surface area contributed by atoms with Crippen LogP contribution in [0.4, 0.5) is 0 Å². The minimum atomic E-state index is 0.0134. The van der Waals surface area contributed by atoms with Crippen LogP contribution in [0.2, 0.25) is 0 Å². The molecule has 0 aromatic carbocycles. The summed E-state index contributed by atoms with van der Waals surface area (Å²) in [4.78, 5) is 17.3. The first-order valence-electron chi connectivity index (χ1n) is 5.79. The summed E-state index contributed by atoms with van der Waals surface area (Å²) >= 11 is 6.65. The Bertz CT molecular complexity index is 553. The quantitative estimate of drug-likeness (QED) is 0.779. The Morgan fingerprint density at radius 2 is 2.21 bits per heavy atom. The largest absolute Gasteiger partial charge is 0.354 e. The van der Waals surface area contributed by atoms with Crippen LogP contribution >= 0.6 is 38.6 Å². The van der Waals surface area contributed by atoms with Crippen molar-refractivity contribution in [1.29, 1.82) is 0 Å². The maximum absolute atomic E-state index is 11.7. The lowest BCUT2D eigenvalue weighted by molar-refractivity contribution is -0.120. The summed E-state index contributed by atoms with van der Waals surface area (Å²) in [6, 6.07) is 2.04. The molecule has 2 N–H and O–H groups in total. The van der Waals surface area contributed by atoms with E-state index in [9.17, 15) is 4.79 Å². The van der Waals surface area contributed by atoms with Crippen LogP contribution in [0.5, 0.6) is 0 Å². The van der Waals surface area contributed by atoms with Crippen molar-refractivity contribution in [2.24, 2.45) is 0 Å². The Kier molecular flexibility index (Phi) is 5.50. The van der Waals surface area contributed by atoms with Gasteiger partial charge >= 0.3 is 0 Å². The highest BCUT2D eigenvalue weighted by Gasteiger charge is 2.10. The third kappa shape index (κ3) is 4.38. The second kappa shape index (κ2) is 7.14. The van der Waals surface area contributed by atoms with Gasteiger partial charge in [-0.25, -0.2) is 4.98 Å². The molecule has 2 heterocycles. The van der Waals surface area contributed by atoms with Crippen molar-refractivity contribution in [1.82, 2.24) is 15.6 Å². The second-order valence-corrected chi connectivity index (χ2v) is 6.59. The number of hydrogen-bond donors (Lipinski definition) is 2. The number of amides is 1. The normalized spacial score (nSPS) is 10.6. The number of likely N-dealkylation sites (N-methyl/N-ethyl adjacent to an activating group) is 1. The van der Waals surface area contributed by atoms with Gasteiger partial charge in [0.1, 0.15) is 5.01 Å². The maximum atomic E-state index is 11.7. The summed E-state index contributed by atoms with van der Waals surface area (Å²) in [6.45, 7) is 1.42. The average molecular weight is 360 g/mol. The maximum Gasteiger partial charge on any atom is 0.226 e. The third-order valence-corrected chi connectivity index (χ3v) is 5.12. The molecule has 0 saturated heterocycles. The Balaban J connectivity index is 1.92. The van der Waals surface area contributed by atoms with Crippen LogP contribution < -0.4 is 10.6 Å². The van der Waals surface area contributed by atoms with E-state index in [1.807, 2.05) is 23.9 Å². The van der Waals surface area contributed by atoms with Crippen molar-refractivity contribution < 1.29 is 4.79 Å². The number of thiophene rings is 1. The number of halogens is 1. The molecule has 0 aliphatic carbocycles. The highest BCUT2D eigenvalue weighted by molar-refractivity contribution is 9.10. The SMILES string of the molecule is CNCCNC(=O)Cc1csc(-c2cc(Br)cs2)n1. The topological polar surface area (TPSA) is 54.0 Å². The molecular formula is C12H14BrN3OS2. The van der Waals surface area contributed by atoms with Crippen molar-refractivity contribution in [3.8, 4) is 9.88 Å². The first-order valence-corrected chi connectivity index (χ1v) is 8.34. The third-order valence-electron chi connectivity index (χ3n) is 2.37. The minimum Gasteiger partial charge on any atom is -0.354 e. The number of aromatic nitrogens is 1. The molecule has 0 fully saturated rings. The van der Waals surface area contributed by atoms with E-state index in [-0.39, 0.29) is 5.91 Å². The number of carbonyl (C=O) groups is 1. The molecular weight excluding hydrogens is 346 g/mol. The first kappa shape index (κ1) is 14.6. The lowest BCUT2D eigenvalue weighted by Crippen LogP contribution is -2.31. The summed E-state index contributed by atoms with van der Waals surface area (Å²) in [5.74, 6) is 0.0134. The lowest BCUT2D eigenvalue weighted by Gasteiger charge is -2.02. The number of nitrogens with zero attached hydrogens (tertiary/aromatic N) is 1. The molecule has 0 atom stereocenters. The van der Waals surface area contributed by atoms with Gasteiger partial charge in [-0.05, 0) is 29.0 Å². The van der Waals surface area contributed by atoms with Crippen LogP contribution in [-0.2, 0) is 11.2 Å². The van der Waals surface area contributed by atoms with Crippen LogP contribution in [0.3, 0.4) is 0 Å². The van der Waals surface area contributed by atoms with Gasteiger partial charge in [0.15, 0.2) is 0 Å². The Hall–Kier alpha value is -0.760. The number of nitrogens with one attached hydrogen (secondary N) is 2. The van der Waals surface area contributed by atoms with Gasteiger partial charge in [0, 0.05) is 28.3 Å². The van der Waals surface area contributed by atoms with Gasteiger partial charge in [0.25, 0.3) is 0 Å². The van der Waals surface area contributed by atoms with E-state index in [4.69, 9.17) is 0 Å². The number of rotatable bonds is 6. The molecule has 2 aromatic heterocycles. The highest BCUT2D eigenvalue weighted by Crippen LogP contribution is 2.31. The number of carbonyl (C=O) groups excluding carboxylic acids is 1. The van der Waals surface area contributed by atoms with Crippen molar-refractivity contribution >= 4 is 44.5 Å². The summed E-state index contributed by atoms with van der Waals surface area (Å²) < 4.78 is 1.06. The van der Waals surface area contributed by atoms with Gasteiger partial charge in [-0.1, -0.05) is 0 Å². The molecule has 0 unspecified atom stereocenters. The molecule has 0 bridgehead atoms. The molecule has 1 amide bonds. The summed E-state index contributed by atoms with van der Waals surface area (Å²) in [5.41, 5.74) is 0.825. The van der Waals surface area contributed by atoms with E-state index in [2.05, 4.69) is 31.5 Å². The molecule has 7 heteroatoms. The molecule has 2 rings (SSSR count). The Labute approximate surface area is 128 Å². The van der Waals surface area contributed by atoms with Crippen LogP contribution in [0.1, 0.15) is 5.69 Å². The number of hydrogen-bond acceptors (Lipinski definition) is 5. The molecule has 0 aliphatic rings. The molecule has 19 heavy (non-hydrogen) atoms. The zero-order valence-corrected chi connectivity index (χ0v) is 13.6. The molecule has 0 saturated carbocycles. The summed E-state index contributed by atoms with van der Waals surface area (Å²) in [6.07, 6.45) is 0.340. The van der Waals surface area contributed by atoms with Crippen LogP contribution in [0, 0.1) is 0 Å². The van der Waals surface area contributed by atoms with Crippen molar-refractivity contribution in [2.75, 3.05) is 20.1 Å². The monoisotopic (exact) mass is 359 g/mol. The summed E-state index contributed by atoms with van der Waals surface area (Å²) in [7, 11) is 1.86. The van der Waals surface area contributed by atoms with Crippen LogP contribution in [-0.4, -0.2) is 31.0 Å². The van der Waals surface area contributed by atoms with Crippen molar-refractivity contribution in [2.45, 2.75) is 6.42 Å². The fourth-order valence-corrected chi connectivity index (χ4v) is 3.81. The van der Waals surface area contributed by atoms with Crippen LogP contribution in [0.15, 0.2) is 21.3 Å². The van der Waals surface area contributed by atoms with E-state index in [1.165, 1.54) is 0 Å². The predicted octanol–water partition coefficient (Wildman–Crippen LogP) is 2.51. The zero-order chi connectivity index (χ0) is 13.7. The fraction of sp³-hybridized carbons (Fsp3) is 0.333. The summed E-state index contributed by atoms with van der Waals surface area (Å²) in [5, 5.41) is 10.8. The molecule has 2 aromatic rings. The van der Waals surface area contributed by atoms with Gasteiger partial charge in [0.05, 0.1) is 17.0 Å². The Morgan fingerprint density at radius 1 is 1.37 bits per heavy atom. The average Bonchev–Trinajstić information content (AvgIpc) is 2.98. The molecule has 102 valence electrons. The molecule has 4 nitrogen and oxygen atoms in total. The molecule has 0 radical (unpaired) electrons. The lowest BCUT2D eigenvalue weighted by atomic mass is 10.3. The van der Waals surface area contributed by atoms with Crippen molar-refractivity contribution in [3.63, 3.8) is 0 Å². The predicted molar refractivity (Wildman–Crippen MR) is 83.8 cm³/mol. The highest BCUT2D eigenvalue weighted by atomic mass is 79.9. The van der Waals surface area contributed by atoms with Crippen molar-refractivity contribution in [3.05, 3.63) is 27.0 Å². The van der Waals surface area contributed by atoms with Gasteiger partial charge in [-0.15, -0.1) is 22.7 Å². The molecule has 0 aliphatic heterocycles. The van der Waals surface area contributed by atoms with Gasteiger partial charge in [-0.3, -0.25) is 4.79 Å². The molecule has 0 spiro atoms. The Morgan fingerprint density at radius 3 is 2.89 bits per heavy atom. The van der Waals surface area contributed by atoms with E-state index in [0.717, 1.165) is 26.6 Å². The smallest absolute Gasteiger partial charge is 0.226 e. The fourth-order valence-electron chi connectivity index (χ4n) is 1.48. The second-order valence-electron chi connectivity index (χ2n) is 3.90. The number of thiazole rings is 1. The van der Waals surface area contributed by atoms with E-state index >= 15 is 0 Å². The zero-order valence-electron chi connectivity index (χ0n) is 10.4. The van der Waals surface area contributed by atoms with Gasteiger partial charge < -0.3 is 10.6 Å². The first-order chi connectivity index (χ1) is 9.19. The standard InChI is InChI=1S/C12H14BrN3OS2/c1-14-2-3-15-11(17)5-9-7-19-12(16-9)10-4-8(13)6-18-10/h4,6-7,14H,2-3,5H2,1H3,(H,15,17). The van der Waals surface area contributed by atoms with Gasteiger partial charge in [0.2, 0.25) is 5.91 Å².